The van der Waals surface area contributed by atoms with Crippen LogP contribution in [0.3, 0.4) is 0 Å². The zero-order valence-electron chi connectivity index (χ0n) is 11.6. The lowest BCUT2D eigenvalue weighted by Crippen LogP contribution is -2.07. The van der Waals surface area contributed by atoms with E-state index in [0.29, 0.717) is 10.2 Å². The normalized spacial score (nSPS) is 12.0. The van der Waals surface area contributed by atoms with Crippen molar-refractivity contribution in [1.29, 1.82) is 0 Å². The maximum Gasteiger partial charge on any atom is 0.285 e. The van der Waals surface area contributed by atoms with E-state index in [9.17, 15) is 15.2 Å². The molecule has 0 aliphatic heterocycles. The van der Waals surface area contributed by atoms with Gasteiger partial charge in [0.2, 0.25) is 0 Å². The van der Waals surface area contributed by atoms with Gasteiger partial charge in [-0.15, -0.1) is 0 Å². The highest BCUT2D eigenvalue weighted by Gasteiger charge is 2.15. The third-order valence-electron chi connectivity index (χ3n) is 3.18. The Labute approximate surface area is 130 Å². The first-order valence-corrected chi connectivity index (χ1v) is 7.18. The van der Waals surface area contributed by atoms with Crippen LogP contribution in [0.1, 0.15) is 24.1 Å². The summed E-state index contributed by atoms with van der Waals surface area (Å²) in [5.41, 5.74) is 2.41. The number of phenolic OH excluding ortho intramolecular Hbond substituents is 1. The van der Waals surface area contributed by atoms with Crippen LogP contribution in [0.15, 0.2) is 40.9 Å². The van der Waals surface area contributed by atoms with Crippen molar-refractivity contribution in [3.8, 4) is 5.75 Å². The maximum absolute atomic E-state index is 10.9. The van der Waals surface area contributed by atoms with Gasteiger partial charge in [0.05, 0.1) is 15.4 Å². The van der Waals surface area contributed by atoms with E-state index in [-0.39, 0.29) is 17.5 Å². The van der Waals surface area contributed by atoms with Crippen molar-refractivity contribution in [2.45, 2.75) is 19.9 Å². The second-order valence-corrected chi connectivity index (χ2v) is 5.71. The third kappa shape index (κ3) is 3.52. The van der Waals surface area contributed by atoms with Gasteiger partial charge in [-0.25, -0.2) is 0 Å². The molecule has 0 aromatic heterocycles. The Morgan fingerprint density at radius 3 is 2.67 bits per heavy atom. The maximum atomic E-state index is 10.9. The Balaban J connectivity index is 2.27. The molecular weight excluding hydrogens is 336 g/mol. The third-order valence-corrected chi connectivity index (χ3v) is 3.85. The zero-order valence-corrected chi connectivity index (χ0v) is 13.2. The van der Waals surface area contributed by atoms with Crippen LogP contribution < -0.4 is 5.32 Å². The standard InChI is InChI=1S/C15H15BrN2O3/c1-9-3-6-15(19)12(7-9)10(2)17-11-4-5-13(16)14(8-11)18(20)21/h3-8,10,17,19H,1-2H3. The number of benzene rings is 2. The summed E-state index contributed by atoms with van der Waals surface area (Å²) < 4.78 is 0.434. The number of nitrogens with zero attached hydrogens (tertiary/aromatic N) is 1. The SMILES string of the molecule is Cc1ccc(O)c(C(C)Nc2ccc(Br)c([N+](=O)[O-])c2)c1. The number of phenols is 1. The lowest BCUT2D eigenvalue weighted by molar-refractivity contribution is -0.385. The number of nitrogens with one attached hydrogen (secondary N) is 1. The Hall–Kier alpha value is -2.08. The summed E-state index contributed by atoms with van der Waals surface area (Å²) >= 11 is 3.15. The van der Waals surface area contributed by atoms with Crippen molar-refractivity contribution < 1.29 is 10.0 Å². The van der Waals surface area contributed by atoms with E-state index in [1.54, 1.807) is 18.2 Å². The van der Waals surface area contributed by atoms with Gasteiger partial charge in [-0.3, -0.25) is 10.1 Å². The highest BCUT2D eigenvalue weighted by Crippen LogP contribution is 2.31. The molecule has 21 heavy (non-hydrogen) atoms. The number of hydrogen-bond acceptors (Lipinski definition) is 4. The molecule has 1 unspecified atom stereocenters. The van der Waals surface area contributed by atoms with Crippen LogP contribution in [0.2, 0.25) is 0 Å². The summed E-state index contributed by atoms with van der Waals surface area (Å²) in [7, 11) is 0. The fourth-order valence-electron chi connectivity index (χ4n) is 2.09. The molecule has 2 aromatic rings. The first-order chi connectivity index (χ1) is 9.88. The molecule has 2 aromatic carbocycles. The molecular formula is C15H15BrN2O3. The van der Waals surface area contributed by atoms with E-state index in [4.69, 9.17) is 0 Å². The second-order valence-electron chi connectivity index (χ2n) is 4.85. The van der Waals surface area contributed by atoms with Crippen molar-refractivity contribution >= 4 is 27.3 Å². The van der Waals surface area contributed by atoms with Gasteiger partial charge in [0, 0.05) is 17.3 Å². The average molecular weight is 351 g/mol. The largest absolute Gasteiger partial charge is 0.508 e. The molecule has 0 fully saturated rings. The molecule has 2 N–H and O–H groups in total. The summed E-state index contributed by atoms with van der Waals surface area (Å²) in [5.74, 6) is 0.201. The molecule has 0 aliphatic rings. The lowest BCUT2D eigenvalue weighted by atomic mass is 10.0. The van der Waals surface area contributed by atoms with Crippen LogP contribution in [0.25, 0.3) is 0 Å². The number of halogens is 1. The topological polar surface area (TPSA) is 75.4 Å². The van der Waals surface area contributed by atoms with E-state index in [1.807, 2.05) is 26.0 Å². The first-order valence-electron chi connectivity index (χ1n) is 6.38. The first kappa shape index (κ1) is 15.3. The number of aromatic hydroxyl groups is 1. The Kier molecular flexibility index (Phi) is 4.47. The van der Waals surface area contributed by atoms with Crippen molar-refractivity contribution in [1.82, 2.24) is 0 Å². The molecule has 6 heteroatoms. The van der Waals surface area contributed by atoms with Crippen molar-refractivity contribution in [3.63, 3.8) is 0 Å². The molecule has 0 heterocycles. The molecule has 1 atom stereocenters. The van der Waals surface area contributed by atoms with Crippen LogP contribution >= 0.6 is 15.9 Å². The molecule has 0 bridgehead atoms. The van der Waals surface area contributed by atoms with E-state index in [0.717, 1.165) is 11.1 Å². The second kappa shape index (κ2) is 6.13. The van der Waals surface area contributed by atoms with Gasteiger partial charge >= 0.3 is 0 Å². The predicted molar refractivity (Wildman–Crippen MR) is 85.7 cm³/mol. The van der Waals surface area contributed by atoms with E-state index in [2.05, 4.69) is 21.2 Å². The summed E-state index contributed by atoms with van der Waals surface area (Å²) in [4.78, 5) is 10.5. The highest BCUT2D eigenvalue weighted by atomic mass is 79.9. The van der Waals surface area contributed by atoms with Gasteiger partial charge < -0.3 is 10.4 Å². The monoisotopic (exact) mass is 350 g/mol. The molecule has 0 saturated carbocycles. The Bertz CT molecular complexity index is 689. The van der Waals surface area contributed by atoms with E-state index < -0.39 is 4.92 Å². The molecule has 110 valence electrons. The summed E-state index contributed by atoms with van der Waals surface area (Å²) in [5, 5.41) is 24.0. The molecule has 0 aliphatic carbocycles. The lowest BCUT2D eigenvalue weighted by Gasteiger charge is -2.17. The number of nitro benzene ring substituents is 1. The summed E-state index contributed by atoms with van der Waals surface area (Å²) in [6, 6.07) is 10.0. The fraction of sp³-hybridized carbons (Fsp3) is 0.200. The van der Waals surface area contributed by atoms with Crippen LogP contribution in [-0.2, 0) is 0 Å². The number of anilines is 1. The van der Waals surface area contributed by atoms with Gasteiger partial charge in [-0.2, -0.15) is 0 Å². The predicted octanol–water partition coefficient (Wildman–Crippen LogP) is 4.54. The minimum Gasteiger partial charge on any atom is -0.508 e. The molecule has 5 nitrogen and oxygen atoms in total. The van der Waals surface area contributed by atoms with Crippen LogP contribution in [-0.4, -0.2) is 10.0 Å². The van der Waals surface area contributed by atoms with Gasteiger partial charge in [0.1, 0.15) is 5.75 Å². The van der Waals surface area contributed by atoms with Gasteiger partial charge in [-0.05, 0) is 48.0 Å². The van der Waals surface area contributed by atoms with Crippen LogP contribution in [0.4, 0.5) is 11.4 Å². The Morgan fingerprint density at radius 2 is 2.00 bits per heavy atom. The minimum absolute atomic E-state index is 0.000615. The molecule has 0 radical (unpaired) electrons. The number of hydrogen-bond donors (Lipinski definition) is 2. The zero-order chi connectivity index (χ0) is 15.6. The fourth-order valence-corrected chi connectivity index (χ4v) is 2.48. The van der Waals surface area contributed by atoms with Crippen molar-refractivity contribution in [2.24, 2.45) is 0 Å². The van der Waals surface area contributed by atoms with E-state index in [1.165, 1.54) is 6.07 Å². The molecule has 0 spiro atoms. The van der Waals surface area contributed by atoms with E-state index >= 15 is 0 Å². The van der Waals surface area contributed by atoms with Gasteiger partial charge in [0.25, 0.3) is 5.69 Å². The molecule has 0 amide bonds. The number of nitro groups is 1. The smallest absolute Gasteiger partial charge is 0.285 e. The van der Waals surface area contributed by atoms with Crippen molar-refractivity contribution in [2.75, 3.05) is 5.32 Å². The number of aryl methyl sites for hydroxylation is 1. The quantitative estimate of drug-likeness (QED) is 0.626. The van der Waals surface area contributed by atoms with Crippen LogP contribution in [0, 0.1) is 17.0 Å². The highest BCUT2D eigenvalue weighted by molar-refractivity contribution is 9.10. The molecule has 0 saturated heterocycles. The summed E-state index contributed by atoms with van der Waals surface area (Å²) in [6.07, 6.45) is 0. The summed E-state index contributed by atoms with van der Waals surface area (Å²) in [6.45, 7) is 3.84. The van der Waals surface area contributed by atoms with Crippen LogP contribution in [0.5, 0.6) is 5.75 Å². The average Bonchev–Trinajstić information content (AvgIpc) is 2.43. The Morgan fingerprint density at radius 1 is 1.29 bits per heavy atom. The number of rotatable bonds is 4. The molecule has 2 rings (SSSR count). The van der Waals surface area contributed by atoms with Gasteiger partial charge in [-0.1, -0.05) is 17.7 Å². The van der Waals surface area contributed by atoms with Gasteiger partial charge in [0.15, 0.2) is 0 Å². The van der Waals surface area contributed by atoms with Crippen molar-refractivity contribution in [3.05, 3.63) is 62.1 Å². The minimum atomic E-state index is -0.440.